The molecule has 1 aliphatic heterocycles. The van der Waals surface area contributed by atoms with Gasteiger partial charge in [-0.15, -0.1) is 0 Å². The Morgan fingerprint density at radius 2 is 1.97 bits per heavy atom. The van der Waals surface area contributed by atoms with E-state index in [0.29, 0.717) is 38.7 Å². The van der Waals surface area contributed by atoms with Crippen molar-refractivity contribution in [2.24, 2.45) is 0 Å². The maximum Gasteiger partial charge on any atom is 0.224 e. The molecule has 1 fully saturated rings. The second-order valence-electron chi connectivity index (χ2n) is 8.10. The molecule has 0 bridgehead atoms. The van der Waals surface area contributed by atoms with Gasteiger partial charge in [-0.3, -0.25) is 4.79 Å². The molecule has 1 saturated carbocycles. The molecule has 0 radical (unpaired) electrons. The Morgan fingerprint density at radius 1 is 1.17 bits per heavy atom. The summed E-state index contributed by atoms with van der Waals surface area (Å²) in [4.78, 5) is 16.9. The van der Waals surface area contributed by atoms with E-state index in [-0.39, 0.29) is 12.5 Å². The molecule has 0 spiro atoms. The number of rotatable bonds is 8. The Bertz CT molecular complexity index is 854. The number of hydrogen-bond donors (Lipinski definition) is 1. The number of methoxy groups -OCH3 is 1. The highest BCUT2D eigenvalue weighted by molar-refractivity contribution is 5.78. The Kier molecular flexibility index (Phi) is 6.55. The van der Waals surface area contributed by atoms with Crippen molar-refractivity contribution < 1.29 is 19.4 Å². The standard InChI is InChI=1S/C24H30N2O4/c1-29-22-9-10-23-19(13-22)14-26(20-7-8-20)24(28)11-12-25(23)15-21(27)17-30-16-18-5-3-2-4-6-18/h2-6,9-10,13,20-21,27H,7-8,11-12,14-17H2,1H3. The molecular formula is C24H30N2O4. The van der Waals surface area contributed by atoms with E-state index >= 15 is 0 Å². The van der Waals surface area contributed by atoms with Gasteiger partial charge in [-0.1, -0.05) is 30.3 Å². The number of anilines is 1. The highest BCUT2D eigenvalue weighted by atomic mass is 16.5. The third-order valence-electron chi connectivity index (χ3n) is 5.72. The molecular weight excluding hydrogens is 380 g/mol. The summed E-state index contributed by atoms with van der Waals surface area (Å²) in [5.74, 6) is 0.968. The number of hydrogen-bond acceptors (Lipinski definition) is 5. The Labute approximate surface area is 178 Å². The van der Waals surface area contributed by atoms with E-state index in [0.717, 1.165) is 35.4 Å². The Balaban J connectivity index is 1.44. The molecule has 1 N–H and O–H groups in total. The van der Waals surface area contributed by atoms with Crippen molar-refractivity contribution >= 4 is 11.6 Å². The fraction of sp³-hybridized carbons (Fsp3) is 0.458. The molecule has 1 unspecified atom stereocenters. The van der Waals surface area contributed by atoms with Crippen LogP contribution in [0.4, 0.5) is 5.69 Å². The first kappa shape index (κ1) is 20.7. The van der Waals surface area contributed by atoms with Crippen LogP contribution < -0.4 is 9.64 Å². The van der Waals surface area contributed by atoms with Gasteiger partial charge in [-0.25, -0.2) is 0 Å². The largest absolute Gasteiger partial charge is 0.497 e. The van der Waals surface area contributed by atoms with Crippen molar-refractivity contribution in [1.82, 2.24) is 4.90 Å². The fourth-order valence-electron chi connectivity index (χ4n) is 3.99. The number of benzene rings is 2. The van der Waals surface area contributed by atoms with E-state index < -0.39 is 6.10 Å². The summed E-state index contributed by atoms with van der Waals surface area (Å²) < 4.78 is 11.1. The maximum atomic E-state index is 12.8. The van der Waals surface area contributed by atoms with Gasteiger partial charge in [0.05, 0.1) is 26.4 Å². The topological polar surface area (TPSA) is 62.2 Å². The molecule has 30 heavy (non-hydrogen) atoms. The molecule has 2 aliphatic rings. The molecule has 160 valence electrons. The first-order chi connectivity index (χ1) is 14.6. The number of carbonyl (C=O) groups is 1. The summed E-state index contributed by atoms with van der Waals surface area (Å²) in [7, 11) is 1.65. The first-order valence-electron chi connectivity index (χ1n) is 10.6. The van der Waals surface area contributed by atoms with Crippen molar-refractivity contribution in [3.05, 3.63) is 59.7 Å². The molecule has 2 aromatic rings. The lowest BCUT2D eigenvalue weighted by molar-refractivity contribution is -0.132. The van der Waals surface area contributed by atoms with Gasteiger partial charge in [-0.05, 0) is 42.2 Å². The minimum atomic E-state index is -0.641. The van der Waals surface area contributed by atoms with Crippen LogP contribution in [0.3, 0.4) is 0 Å². The number of fused-ring (bicyclic) bond motifs is 1. The maximum absolute atomic E-state index is 12.8. The van der Waals surface area contributed by atoms with Crippen LogP contribution in [0.25, 0.3) is 0 Å². The molecule has 0 aromatic heterocycles. The Hall–Kier alpha value is -2.57. The molecule has 1 amide bonds. The smallest absolute Gasteiger partial charge is 0.224 e. The van der Waals surface area contributed by atoms with Crippen LogP contribution in [0, 0.1) is 0 Å². The van der Waals surface area contributed by atoms with Crippen LogP contribution in [0.5, 0.6) is 5.75 Å². The van der Waals surface area contributed by atoms with E-state index in [1.54, 1.807) is 7.11 Å². The minimum absolute atomic E-state index is 0.186. The van der Waals surface area contributed by atoms with Gasteiger partial charge in [0.25, 0.3) is 0 Å². The van der Waals surface area contributed by atoms with Crippen LogP contribution in [-0.4, -0.2) is 54.9 Å². The van der Waals surface area contributed by atoms with Gasteiger partial charge < -0.3 is 24.4 Å². The fourth-order valence-corrected chi connectivity index (χ4v) is 3.99. The van der Waals surface area contributed by atoms with Crippen LogP contribution in [0.15, 0.2) is 48.5 Å². The Morgan fingerprint density at radius 3 is 2.70 bits per heavy atom. The third-order valence-corrected chi connectivity index (χ3v) is 5.72. The first-order valence-corrected chi connectivity index (χ1v) is 10.6. The van der Waals surface area contributed by atoms with Gasteiger partial charge in [-0.2, -0.15) is 0 Å². The van der Waals surface area contributed by atoms with Gasteiger partial charge in [0.15, 0.2) is 0 Å². The summed E-state index contributed by atoms with van der Waals surface area (Å²) in [5, 5.41) is 10.6. The monoisotopic (exact) mass is 410 g/mol. The molecule has 2 aromatic carbocycles. The number of carbonyl (C=O) groups excluding carboxylic acids is 1. The number of aliphatic hydroxyl groups excluding tert-OH is 1. The highest BCUT2D eigenvalue weighted by Gasteiger charge is 2.34. The summed E-state index contributed by atoms with van der Waals surface area (Å²) >= 11 is 0. The number of aliphatic hydroxyl groups is 1. The normalized spacial score (nSPS) is 17.9. The van der Waals surface area contributed by atoms with Gasteiger partial charge in [0.2, 0.25) is 5.91 Å². The predicted octanol–water partition coefficient (Wildman–Crippen LogP) is 2.97. The van der Waals surface area contributed by atoms with Gasteiger partial charge >= 0.3 is 0 Å². The second kappa shape index (κ2) is 9.49. The molecule has 6 heteroatoms. The lowest BCUT2D eigenvalue weighted by atomic mass is 10.1. The predicted molar refractivity (Wildman–Crippen MR) is 116 cm³/mol. The van der Waals surface area contributed by atoms with Gasteiger partial charge in [0, 0.05) is 37.8 Å². The third kappa shape index (κ3) is 5.12. The van der Waals surface area contributed by atoms with Crippen molar-refractivity contribution in [3.63, 3.8) is 0 Å². The highest BCUT2D eigenvalue weighted by Crippen LogP contribution is 2.34. The average Bonchev–Trinajstić information content (AvgIpc) is 3.59. The van der Waals surface area contributed by atoms with Crippen LogP contribution in [0.2, 0.25) is 0 Å². The molecule has 1 atom stereocenters. The van der Waals surface area contributed by atoms with E-state index in [9.17, 15) is 9.90 Å². The SMILES string of the molecule is COc1ccc2c(c1)CN(C1CC1)C(=O)CCN2CC(O)COCc1ccccc1. The van der Waals surface area contributed by atoms with Crippen molar-refractivity contribution in [2.75, 3.05) is 31.7 Å². The van der Waals surface area contributed by atoms with Gasteiger partial charge in [0.1, 0.15) is 5.75 Å². The molecule has 4 rings (SSSR count). The number of β-amino-alcohol motifs (C(OH)–C–C–N with tert-alkyl or cyclic N) is 1. The number of ether oxygens (including phenoxy) is 2. The quantitative estimate of drug-likeness (QED) is 0.725. The molecule has 1 aliphatic carbocycles. The van der Waals surface area contributed by atoms with E-state index in [1.807, 2.05) is 53.4 Å². The summed E-state index contributed by atoms with van der Waals surface area (Å²) in [6.07, 6.45) is 2.00. The second-order valence-corrected chi connectivity index (χ2v) is 8.10. The van der Waals surface area contributed by atoms with E-state index in [1.165, 1.54) is 0 Å². The van der Waals surface area contributed by atoms with Crippen LogP contribution in [0.1, 0.15) is 30.4 Å². The van der Waals surface area contributed by atoms with Crippen LogP contribution >= 0.6 is 0 Å². The zero-order valence-corrected chi connectivity index (χ0v) is 17.5. The summed E-state index contributed by atoms with van der Waals surface area (Å²) in [6, 6.07) is 16.3. The summed E-state index contributed by atoms with van der Waals surface area (Å²) in [5.41, 5.74) is 3.20. The zero-order valence-electron chi connectivity index (χ0n) is 17.5. The lowest BCUT2D eigenvalue weighted by Gasteiger charge is -2.34. The number of nitrogens with zero attached hydrogens (tertiary/aromatic N) is 2. The van der Waals surface area contributed by atoms with E-state index in [2.05, 4.69) is 4.90 Å². The zero-order chi connectivity index (χ0) is 20.9. The van der Waals surface area contributed by atoms with Crippen LogP contribution in [-0.2, 0) is 22.7 Å². The molecule has 0 saturated heterocycles. The minimum Gasteiger partial charge on any atom is -0.497 e. The van der Waals surface area contributed by atoms with Crippen molar-refractivity contribution in [3.8, 4) is 5.75 Å². The molecule has 1 heterocycles. The van der Waals surface area contributed by atoms with Crippen molar-refractivity contribution in [1.29, 1.82) is 0 Å². The average molecular weight is 411 g/mol. The number of amides is 1. The molecule has 6 nitrogen and oxygen atoms in total. The van der Waals surface area contributed by atoms with Crippen molar-refractivity contribution in [2.45, 2.75) is 44.6 Å². The van der Waals surface area contributed by atoms with E-state index in [4.69, 9.17) is 9.47 Å². The summed E-state index contributed by atoms with van der Waals surface area (Å²) in [6.45, 7) is 2.31. The lowest BCUT2D eigenvalue weighted by Crippen LogP contribution is -2.42.